The van der Waals surface area contributed by atoms with Gasteiger partial charge in [-0.15, -0.1) is 0 Å². The highest BCUT2D eigenvalue weighted by atomic mass is 16.5. The molecule has 0 radical (unpaired) electrons. The van der Waals surface area contributed by atoms with Crippen molar-refractivity contribution in [2.75, 3.05) is 40.4 Å². The SMILES string of the molecule is CCCC(CN)CN1CC(OC)C(OC)C1. The molecule has 2 N–H and O–H groups in total. The van der Waals surface area contributed by atoms with Crippen molar-refractivity contribution in [1.29, 1.82) is 0 Å². The third-order valence-corrected chi connectivity index (χ3v) is 3.44. The van der Waals surface area contributed by atoms with Gasteiger partial charge in [0.15, 0.2) is 0 Å². The molecule has 1 rings (SSSR count). The fourth-order valence-corrected chi connectivity index (χ4v) is 2.48. The minimum atomic E-state index is 0.213. The number of ether oxygens (including phenoxy) is 2. The molecule has 1 aliphatic heterocycles. The van der Waals surface area contributed by atoms with E-state index in [1.54, 1.807) is 14.2 Å². The average molecular weight is 230 g/mol. The van der Waals surface area contributed by atoms with Crippen LogP contribution in [0.5, 0.6) is 0 Å². The van der Waals surface area contributed by atoms with E-state index in [4.69, 9.17) is 15.2 Å². The third-order valence-electron chi connectivity index (χ3n) is 3.44. The molecule has 0 aliphatic carbocycles. The molecule has 1 aliphatic rings. The molecule has 3 atom stereocenters. The summed E-state index contributed by atoms with van der Waals surface area (Å²) >= 11 is 0. The van der Waals surface area contributed by atoms with Crippen LogP contribution in [-0.2, 0) is 9.47 Å². The fraction of sp³-hybridized carbons (Fsp3) is 1.00. The Hall–Kier alpha value is -0.160. The monoisotopic (exact) mass is 230 g/mol. The first-order valence-corrected chi connectivity index (χ1v) is 6.23. The number of hydrogen-bond acceptors (Lipinski definition) is 4. The topological polar surface area (TPSA) is 47.7 Å². The summed E-state index contributed by atoms with van der Waals surface area (Å²) in [5.74, 6) is 0.609. The first kappa shape index (κ1) is 13.9. The second-order valence-electron chi connectivity index (χ2n) is 4.66. The number of nitrogens with two attached hydrogens (primary N) is 1. The van der Waals surface area contributed by atoms with Crippen molar-refractivity contribution in [3.63, 3.8) is 0 Å². The van der Waals surface area contributed by atoms with E-state index in [9.17, 15) is 0 Å². The maximum Gasteiger partial charge on any atom is 0.0971 e. The summed E-state index contributed by atoms with van der Waals surface area (Å²) in [5.41, 5.74) is 5.78. The quantitative estimate of drug-likeness (QED) is 0.699. The first-order valence-electron chi connectivity index (χ1n) is 6.23. The standard InChI is InChI=1S/C12H26N2O2/c1-4-5-10(6-13)7-14-8-11(15-2)12(9-14)16-3/h10-12H,4-9,13H2,1-3H3. The Morgan fingerprint density at radius 2 is 1.81 bits per heavy atom. The van der Waals surface area contributed by atoms with E-state index in [1.165, 1.54) is 12.8 Å². The van der Waals surface area contributed by atoms with Gasteiger partial charge in [-0.05, 0) is 18.9 Å². The molecule has 16 heavy (non-hydrogen) atoms. The highest BCUT2D eigenvalue weighted by Gasteiger charge is 2.33. The molecule has 1 heterocycles. The summed E-state index contributed by atoms with van der Waals surface area (Å²) in [5, 5.41) is 0. The zero-order chi connectivity index (χ0) is 12.0. The van der Waals surface area contributed by atoms with Crippen molar-refractivity contribution in [1.82, 2.24) is 4.90 Å². The van der Waals surface area contributed by atoms with Gasteiger partial charge in [0.05, 0.1) is 12.2 Å². The Morgan fingerprint density at radius 3 is 2.19 bits per heavy atom. The van der Waals surface area contributed by atoms with Gasteiger partial charge in [0.1, 0.15) is 0 Å². The predicted octanol–water partition coefficient (Wildman–Crippen LogP) is 0.707. The van der Waals surface area contributed by atoms with Gasteiger partial charge in [-0.2, -0.15) is 0 Å². The van der Waals surface area contributed by atoms with Crippen LogP contribution in [-0.4, -0.2) is 57.5 Å². The van der Waals surface area contributed by atoms with Crippen LogP contribution in [0.4, 0.5) is 0 Å². The van der Waals surface area contributed by atoms with Gasteiger partial charge in [-0.3, -0.25) is 4.90 Å². The van der Waals surface area contributed by atoms with E-state index in [0.717, 1.165) is 26.2 Å². The summed E-state index contributed by atoms with van der Waals surface area (Å²) in [6.07, 6.45) is 2.84. The van der Waals surface area contributed by atoms with Crippen molar-refractivity contribution >= 4 is 0 Å². The zero-order valence-corrected chi connectivity index (χ0v) is 10.8. The lowest BCUT2D eigenvalue weighted by atomic mass is 10.0. The van der Waals surface area contributed by atoms with Crippen LogP contribution in [0.25, 0.3) is 0 Å². The summed E-state index contributed by atoms with van der Waals surface area (Å²) < 4.78 is 10.8. The molecule has 0 aromatic carbocycles. The Labute approximate surface area is 99.1 Å². The van der Waals surface area contributed by atoms with Gasteiger partial charge in [0, 0.05) is 33.9 Å². The minimum absolute atomic E-state index is 0.213. The molecular weight excluding hydrogens is 204 g/mol. The van der Waals surface area contributed by atoms with E-state index in [1.807, 2.05) is 0 Å². The van der Waals surface area contributed by atoms with Crippen LogP contribution >= 0.6 is 0 Å². The second-order valence-corrected chi connectivity index (χ2v) is 4.66. The van der Waals surface area contributed by atoms with Gasteiger partial charge < -0.3 is 15.2 Å². The van der Waals surface area contributed by atoms with Crippen molar-refractivity contribution in [3.05, 3.63) is 0 Å². The summed E-state index contributed by atoms with van der Waals surface area (Å²) in [6, 6.07) is 0. The molecule has 1 saturated heterocycles. The maximum absolute atomic E-state index is 5.78. The lowest BCUT2D eigenvalue weighted by Gasteiger charge is -2.21. The number of methoxy groups -OCH3 is 2. The van der Waals surface area contributed by atoms with Gasteiger partial charge >= 0.3 is 0 Å². The van der Waals surface area contributed by atoms with Crippen LogP contribution in [0.15, 0.2) is 0 Å². The zero-order valence-electron chi connectivity index (χ0n) is 10.8. The first-order chi connectivity index (χ1) is 7.74. The molecule has 0 spiro atoms. The van der Waals surface area contributed by atoms with E-state index in [-0.39, 0.29) is 12.2 Å². The predicted molar refractivity (Wildman–Crippen MR) is 65.5 cm³/mol. The van der Waals surface area contributed by atoms with Gasteiger partial charge in [-0.1, -0.05) is 13.3 Å². The lowest BCUT2D eigenvalue weighted by molar-refractivity contribution is -0.00461. The minimum Gasteiger partial charge on any atom is -0.377 e. The number of likely N-dealkylation sites (tertiary alicyclic amines) is 1. The van der Waals surface area contributed by atoms with Crippen molar-refractivity contribution in [3.8, 4) is 0 Å². The Morgan fingerprint density at radius 1 is 1.25 bits per heavy atom. The molecule has 3 unspecified atom stereocenters. The average Bonchev–Trinajstić information content (AvgIpc) is 2.70. The second kappa shape index (κ2) is 7.22. The van der Waals surface area contributed by atoms with E-state index < -0.39 is 0 Å². The smallest absolute Gasteiger partial charge is 0.0971 e. The number of rotatable bonds is 7. The fourth-order valence-electron chi connectivity index (χ4n) is 2.48. The summed E-state index contributed by atoms with van der Waals surface area (Å²) in [4.78, 5) is 2.41. The molecule has 0 bridgehead atoms. The molecular formula is C12H26N2O2. The van der Waals surface area contributed by atoms with Crippen molar-refractivity contribution in [2.24, 2.45) is 11.7 Å². The lowest BCUT2D eigenvalue weighted by Crippen LogP contribution is -2.32. The Balaban J connectivity index is 2.38. The normalized spacial score (nSPS) is 28.5. The van der Waals surface area contributed by atoms with Gasteiger partial charge in [0.25, 0.3) is 0 Å². The van der Waals surface area contributed by atoms with Crippen LogP contribution in [0, 0.1) is 5.92 Å². The molecule has 0 amide bonds. The van der Waals surface area contributed by atoms with Crippen molar-refractivity contribution in [2.45, 2.75) is 32.0 Å². The highest BCUT2D eigenvalue weighted by Crippen LogP contribution is 2.18. The molecule has 1 fully saturated rings. The Bertz CT molecular complexity index is 178. The highest BCUT2D eigenvalue weighted by molar-refractivity contribution is 4.86. The third kappa shape index (κ3) is 3.70. The van der Waals surface area contributed by atoms with Crippen molar-refractivity contribution < 1.29 is 9.47 Å². The van der Waals surface area contributed by atoms with Crippen LogP contribution < -0.4 is 5.73 Å². The van der Waals surface area contributed by atoms with Gasteiger partial charge in [-0.25, -0.2) is 0 Å². The largest absolute Gasteiger partial charge is 0.377 e. The molecule has 0 aromatic rings. The van der Waals surface area contributed by atoms with Crippen LogP contribution in [0.2, 0.25) is 0 Å². The Kier molecular flexibility index (Phi) is 6.28. The molecule has 4 nitrogen and oxygen atoms in total. The molecule has 0 aromatic heterocycles. The number of hydrogen-bond donors (Lipinski definition) is 1. The maximum atomic E-state index is 5.78. The van der Waals surface area contributed by atoms with E-state index in [0.29, 0.717) is 5.92 Å². The van der Waals surface area contributed by atoms with Crippen LogP contribution in [0.1, 0.15) is 19.8 Å². The summed E-state index contributed by atoms with van der Waals surface area (Å²) in [6.45, 7) is 6.00. The summed E-state index contributed by atoms with van der Waals surface area (Å²) in [7, 11) is 3.51. The molecule has 0 saturated carbocycles. The van der Waals surface area contributed by atoms with E-state index >= 15 is 0 Å². The number of nitrogens with zero attached hydrogens (tertiary/aromatic N) is 1. The molecule has 4 heteroatoms. The van der Waals surface area contributed by atoms with Gasteiger partial charge in [0.2, 0.25) is 0 Å². The van der Waals surface area contributed by atoms with Crippen LogP contribution in [0.3, 0.4) is 0 Å². The van der Waals surface area contributed by atoms with E-state index in [2.05, 4.69) is 11.8 Å². The molecule has 96 valence electrons.